The number of hydrogen-bond acceptors (Lipinski definition) is 2. The van der Waals surface area contributed by atoms with Gasteiger partial charge in [0.1, 0.15) is 0 Å². The molecule has 0 atom stereocenters. The fraction of sp³-hybridized carbons (Fsp3) is 0.250. The van der Waals surface area contributed by atoms with Crippen LogP contribution in [0.3, 0.4) is 0 Å². The van der Waals surface area contributed by atoms with Crippen molar-refractivity contribution in [3.05, 3.63) is 47.0 Å². The first-order chi connectivity index (χ1) is 7.66. The second-order valence-electron chi connectivity index (χ2n) is 3.82. The van der Waals surface area contributed by atoms with Crippen LogP contribution in [0.1, 0.15) is 11.3 Å². The number of rotatable bonds is 3. The largest absolute Gasteiger partial charge is 0.377 e. The molecule has 2 aromatic rings. The van der Waals surface area contributed by atoms with E-state index in [0.29, 0.717) is 5.15 Å². The molecular weight excluding hydrogens is 222 g/mol. The summed E-state index contributed by atoms with van der Waals surface area (Å²) in [6, 6.07) is 6.09. The molecule has 0 aromatic carbocycles. The van der Waals surface area contributed by atoms with Crippen molar-refractivity contribution in [3.63, 3.8) is 0 Å². The zero-order chi connectivity index (χ0) is 11.5. The van der Waals surface area contributed by atoms with Crippen molar-refractivity contribution in [3.8, 4) is 0 Å². The summed E-state index contributed by atoms with van der Waals surface area (Å²) in [4.78, 5) is 4.10. The number of anilines is 1. The van der Waals surface area contributed by atoms with Crippen LogP contribution in [0.4, 0.5) is 5.69 Å². The number of aromatic nitrogens is 2. The Morgan fingerprint density at radius 3 is 3.00 bits per heavy atom. The van der Waals surface area contributed by atoms with E-state index in [-0.39, 0.29) is 0 Å². The maximum atomic E-state index is 6.00. The van der Waals surface area contributed by atoms with E-state index in [1.165, 1.54) is 5.69 Å². The van der Waals surface area contributed by atoms with Crippen molar-refractivity contribution in [2.45, 2.75) is 13.5 Å². The molecule has 4 heteroatoms. The van der Waals surface area contributed by atoms with Gasteiger partial charge in [0.15, 0.2) is 5.15 Å². The van der Waals surface area contributed by atoms with Gasteiger partial charge in [-0.05, 0) is 30.7 Å². The average molecular weight is 236 g/mol. The van der Waals surface area contributed by atoms with Crippen LogP contribution < -0.4 is 5.32 Å². The predicted octanol–water partition coefficient (Wildman–Crippen LogP) is 2.99. The molecule has 0 saturated carbocycles. The Balaban J connectivity index is 2.10. The number of halogens is 1. The smallest absolute Gasteiger partial charge is 0.152 e. The van der Waals surface area contributed by atoms with Crippen LogP contribution in [0.15, 0.2) is 30.6 Å². The predicted molar refractivity (Wildman–Crippen MR) is 66.7 cm³/mol. The summed E-state index contributed by atoms with van der Waals surface area (Å²) in [5, 5.41) is 3.80. The van der Waals surface area contributed by atoms with Gasteiger partial charge in [-0.1, -0.05) is 11.6 Å². The van der Waals surface area contributed by atoms with Crippen molar-refractivity contribution < 1.29 is 0 Å². The van der Waals surface area contributed by atoms with Crippen molar-refractivity contribution in [1.82, 2.24) is 9.55 Å². The van der Waals surface area contributed by atoms with E-state index in [2.05, 4.69) is 20.9 Å². The minimum atomic E-state index is 0.514. The number of aryl methyl sites for hydroxylation is 2. The summed E-state index contributed by atoms with van der Waals surface area (Å²) in [5.74, 6) is 0. The first-order valence-electron chi connectivity index (χ1n) is 5.13. The summed E-state index contributed by atoms with van der Waals surface area (Å²) >= 11 is 6.00. The third kappa shape index (κ3) is 2.36. The first kappa shape index (κ1) is 11.0. The van der Waals surface area contributed by atoms with Crippen LogP contribution in [0, 0.1) is 6.92 Å². The van der Waals surface area contributed by atoms with Crippen molar-refractivity contribution in [1.29, 1.82) is 0 Å². The molecule has 84 valence electrons. The molecule has 0 spiro atoms. The standard InChI is InChI=1S/C12H14ClN3/c1-9-6-11(12(13)15-7-9)14-8-10-4-3-5-16(10)2/h3-7,14H,8H2,1-2H3. The highest BCUT2D eigenvalue weighted by molar-refractivity contribution is 6.31. The van der Waals surface area contributed by atoms with Gasteiger partial charge in [0.25, 0.3) is 0 Å². The molecule has 0 fully saturated rings. The summed E-state index contributed by atoms with van der Waals surface area (Å²) in [6.07, 6.45) is 3.78. The number of pyridine rings is 1. The molecule has 0 saturated heterocycles. The van der Waals surface area contributed by atoms with Gasteiger partial charge < -0.3 is 9.88 Å². The molecule has 0 unspecified atom stereocenters. The number of nitrogens with one attached hydrogen (secondary N) is 1. The second kappa shape index (κ2) is 4.58. The maximum absolute atomic E-state index is 6.00. The van der Waals surface area contributed by atoms with E-state index in [4.69, 9.17) is 11.6 Å². The molecule has 0 bridgehead atoms. The highest BCUT2D eigenvalue weighted by Crippen LogP contribution is 2.20. The third-order valence-electron chi connectivity index (χ3n) is 2.49. The Morgan fingerprint density at radius 2 is 2.31 bits per heavy atom. The fourth-order valence-electron chi connectivity index (χ4n) is 1.54. The molecular formula is C12H14ClN3. The first-order valence-corrected chi connectivity index (χ1v) is 5.51. The van der Waals surface area contributed by atoms with Gasteiger partial charge in [0, 0.05) is 25.1 Å². The van der Waals surface area contributed by atoms with E-state index in [9.17, 15) is 0 Å². The molecule has 0 aliphatic rings. The summed E-state index contributed by atoms with van der Waals surface area (Å²) in [6.45, 7) is 2.74. The zero-order valence-electron chi connectivity index (χ0n) is 9.37. The minimum absolute atomic E-state index is 0.514. The Morgan fingerprint density at radius 1 is 1.50 bits per heavy atom. The summed E-state index contributed by atoms with van der Waals surface area (Å²) in [7, 11) is 2.02. The van der Waals surface area contributed by atoms with Crippen LogP contribution in [-0.4, -0.2) is 9.55 Å². The Labute approximate surface area is 100 Å². The molecule has 2 rings (SSSR count). The molecule has 2 aromatic heterocycles. The van der Waals surface area contributed by atoms with Crippen LogP contribution in [-0.2, 0) is 13.6 Å². The molecule has 0 aliphatic carbocycles. The van der Waals surface area contributed by atoms with Gasteiger partial charge in [-0.3, -0.25) is 0 Å². The van der Waals surface area contributed by atoms with Crippen LogP contribution in [0.2, 0.25) is 5.15 Å². The molecule has 0 amide bonds. The molecule has 16 heavy (non-hydrogen) atoms. The molecule has 0 radical (unpaired) electrons. The van der Waals surface area contributed by atoms with Crippen LogP contribution >= 0.6 is 11.6 Å². The van der Waals surface area contributed by atoms with Gasteiger partial charge in [0.05, 0.1) is 12.2 Å². The van der Waals surface area contributed by atoms with Crippen LogP contribution in [0.25, 0.3) is 0 Å². The van der Waals surface area contributed by atoms with E-state index in [1.54, 1.807) is 6.20 Å². The number of nitrogens with zero attached hydrogens (tertiary/aromatic N) is 2. The fourth-order valence-corrected chi connectivity index (χ4v) is 1.71. The zero-order valence-corrected chi connectivity index (χ0v) is 10.1. The number of hydrogen-bond donors (Lipinski definition) is 1. The van der Waals surface area contributed by atoms with Crippen LogP contribution in [0.5, 0.6) is 0 Å². The van der Waals surface area contributed by atoms with Crippen molar-refractivity contribution in [2.75, 3.05) is 5.32 Å². The van der Waals surface area contributed by atoms with Gasteiger partial charge in [-0.2, -0.15) is 0 Å². The second-order valence-corrected chi connectivity index (χ2v) is 4.17. The molecule has 2 heterocycles. The minimum Gasteiger partial charge on any atom is -0.377 e. The van der Waals surface area contributed by atoms with Gasteiger partial charge in [0.2, 0.25) is 0 Å². The van der Waals surface area contributed by atoms with Gasteiger partial charge in [-0.15, -0.1) is 0 Å². The molecule has 0 aliphatic heterocycles. The van der Waals surface area contributed by atoms with E-state index >= 15 is 0 Å². The Hall–Kier alpha value is -1.48. The highest BCUT2D eigenvalue weighted by Gasteiger charge is 2.02. The Bertz CT molecular complexity index is 491. The van der Waals surface area contributed by atoms with Gasteiger partial charge >= 0.3 is 0 Å². The lowest BCUT2D eigenvalue weighted by molar-refractivity contribution is 0.842. The van der Waals surface area contributed by atoms with Crippen molar-refractivity contribution >= 4 is 17.3 Å². The van der Waals surface area contributed by atoms with E-state index in [0.717, 1.165) is 17.8 Å². The third-order valence-corrected chi connectivity index (χ3v) is 2.79. The Kier molecular flexibility index (Phi) is 3.15. The van der Waals surface area contributed by atoms with Gasteiger partial charge in [-0.25, -0.2) is 4.98 Å². The molecule has 1 N–H and O–H groups in total. The SMILES string of the molecule is Cc1cnc(Cl)c(NCc2cccn2C)c1. The quantitative estimate of drug-likeness (QED) is 0.829. The lowest BCUT2D eigenvalue weighted by Crippen LogP contribution is -2.05. The lowest BCUT2D eigenvalue weighted by atomic mass is 10.3. The van der Waals surface area contributed by atoms with E-state index < -0.39 is 0 Å². The lowest BCUT2D eigenvalue weighted by Gasteiger charge is -2.09. The average Bonchev–Trinajstić information content (AvgIpc) is 2.66. The highest BCUT2D eigenvalue weighted by atomic mass is 35.5. The monoisotopic (exact) mass is 235 g/mol. The maximum Gasteiger partial charge on any atom is 0.152 e. The topological polar surface area (TPSA) is 29.9 Å². The normalized spacial score (nSPS) is 10.4. The summed E-state index contributed by atoms with van der Waals surface area (Å²) < 4.78 is 2.07. The van der Waals surface area contributed by atoms with Crippen molar-refractivity contribution in [2.24, 2.45) is 7.05 Å². The molecule has 3 nitrogen and oxygen atoms in total. The van der Waals surface area contributed by atoms with E-state index in [1.807, 2.05) is 32.3 Å². The summed E-state index contributed by atoms with van der Waals surface area (Å²) in [5.41, 5.74) is 3.18.